The van der Waals surface area contributed by atoms with Gasteiger partial charge in [-0.25, -0.2) is 0 Å². The van der Waals surface area contributed by atoms with Crippen molar-refractivity contribution >= 4 is 45.1 Å². The van der Waals surface area contributed by atoms with Gasteiger partial charge in [0, 0.05) is 15.1 Å². The van der Waals surface area contributed by atoms with Crippen molar-refractivity contribution in [2.24, 2.45) is 0 Å². The van der Waals surface area contributed by atoms with Gasteiger partial charge in [0.2, 0.25) is 0 Å². The minimum absolute atomic E-state index is 0.443. The van der Waals surface area contributed by atoms with E-state index in [9.17, 15) is 4.79 Å². The molecule has 1 aromatic carbocycles. The topological polar surface area (TPSA) is 26.3 Å². The van der Waals surface area contributed by atoms with Crippen LogP contribution in [0.3, 0.4) is 0 Å². The summed E-state index contributed by atoms with van der Waals surface area (Å²) in [6, 6.07) is 5.13. The van der Waals surface area contributed by atoms with E-state index in [1.54, 1.807) is 18.2 Å². The van der Waals surface area contributed by atoms with Gasteiger partial charge >= 0.3 is 5.97 Å². The van der Waals surface area contributed by atoms with Crippen LogP contribution in [0.1, 0.15) is 10.9 Å². The van der Waals surface area contributed by atoms with Crippen LogP contribution in [0.5, 0.6) is 0 Å². The van der Waals surface area contributed by atoms with Crippen molar-refractivity contribution in [3.63, 3.8) is 0 Å². The fraction of sp³-hybridized carbons (Fsp3) is 0.222. The van der Waals surface area contributed by atoms with Gasteiger partial charge in [0.15, 0.2) is 5.38 Å². The Morgan fingerprint density at radius 3 is 2.79 bits per heavy atom. The van der Waals surface area contributed by atoms with Gasteiger partial charge in [0.25, 0.3) is 0 Å². The second-order valence-corrected chi connectivity index (χ2v) is 4.31. The summed E-state index contributed by atoms with van der Waals surface area (Å²) in [5, 5.41) is -0.427. The predicted octanol–water partition coefficient (Wildman–Crippen LogP) is 3.56. The molecule has 2 nitrogen and oxygen atoms in total. The van der Waals surface area contributed by atoms with Gasteiger partial charge in [-0.3, -0.25) is 4.79 Å². The highest BCUT2D eigenvalue weighted by atomic mass is 79.9. The van der Waals surface area contributed by atoms with Crippen LogP contribution < -0.4 is 0 Å². The third-order valence-electron chi connectivity index (χ3n) is 1.64. The number of carbonyl (C=O) groups excluding carboxylic acids is 1. The van der Waals surface area contributed by atoms with Gasteiger partial charge in [-0.1, -0.05) is 27.5 Å². The third-order valence-corrected chi connectivity index (χ3v) is 2.89. The average Bonchev–Trinajstić information content (AvgIpc) is 2.19. The van der Waals surface area contributed by atoms with E-state index in [0.29, 0.717) is 10.6 Å². The van der Waals surface area contributed by atoms with Crippen molar-refractivity contribution in [3.8, 4) is 0 Å². The van der Waals surface area contributed by atoms with Crippen LogP contribution in [-0.2, 0) is 9.53 Å². The molecule has 0 fully saturated rings. The first kappa shape index (κ1) is 11.8. The van der Waals surface area contributed by atoms with Gasteiger partial charge in [0.05, 0.1) is 7.11 Å². The Labute approximate surface area is 100 Å². The fourth-order valence-electron chi connectivity index (χ4n) is 0.939. The molecule has 5 heteroatoms. The standard InChI is InChI=1S/C9H7BrCl2O2/c1-14-9(13)8(12)6-4-5(10)2-3-7(6)11/h2-4,8H,1H3. The van der Waals surface area contributed by atoms with Crippen molar-refractivity contribution in [1.29, 1.82) is 0 Å². The second-order valence-electron chi connectivity index (χ2n) is 2.55. The van der Waals surface area contributed by atoms with Crippen molar-refractivity contribution < 1.29 is 9.53 Å². The van der Waals surface area contributed by atoms with Crippen LogP contribution in [0, 0.1) is 0 Å². The van der Waals surface area contributed by atoms with Crippen LogP contribution in [0.15, 0.2) is 22.7 Å². The Kier molecular flexibility index (Phi) is 4.23. The lowest BCUT2D eigenvalue weighted by atomic mass is 10.1. The number of esters is 1. The highest BCUT2D eigenvalue weighted by molar-refractivity contribution is 9.10. The monoisotopic (exact) mass is 296 g/mol. The molecule has 1 rings (SSSR count). The van der Waals surface area contributed by atoms with Crippen LogP contribution in [-0.4, -0.2) is 13.1 Å². The zero-order chi connectivity index (χ0) is 10.7. The zero-order valence-corrected chi connectivity index (χ0v) is 10.4. The lowest BCUT2D eigenvalue weighted by molar-refractivity contribution is -0.140. The number of carbonyl (C=O) groups is 1. The molecule has 76 valence electrons. The maximum Gasteiger partial charge on any atom is 0.328 e. The molecule has 0 bridgehead atoms. The Bertz CT molecular complexity index is 355. The summed E-state index contributed by atoms with van der Waals surface area (Å²) < 4.78 is 5.33. The van der Waals surface area contributed by atoms with E-state index in [1.807, 2.05) is 0 Å². The quantitative estimate of drug-likeness (QED) is 0.616. The van der Waals surface area contributed by atoms with Gasteiger partial charge < -0.3 is 4.74 Å². The Hall–Kier alpha value is -0.250. The van der Waals surface area contributed by atoms with E-state index < -0.39 is 11.3 Å². The molecule has 14 heavy (non-hydrogen) atoms. The smallest absolute Gasteiger partial charge is 0.328 e. The van der Waals surface area contributed by atoms with Gasteiger partial charge in [-0.05, 0) is 18.2 Å². The molecular formula is C9H7BrCl2O2. The lowest BCUT2D eigenvalue weighted by Crippen LogP contribution is -2.09. The number of halogens is 3. The number of rotatable bonds is 2. The number of hydrogen-bond donors (Lipinski definition) is 0. The normalized spacial score (nSPS) is 12.3. The Morgan fingerprint density at radius 1 is 1.57 bits per heavy atom. The molecule has 0 radical (unpaired) electrons. The summed E-state index contributed by atoms with van der Waals surface area (Å²) in [5.74, 6) is -0.522. The number of hydrogen-bond acceptors (Lipinski definition) is 2. The predicted molar refractivity (Wildman–Crippen MR) is 59.8 cm³/mol. The van der Waals surface area contributed by atoms with Crippen LogP contribution in [0.25, 0.3) is 0 Å². The summed E-state index contributed by atoms with van der Waals surface area (Å²) >= 11 is 15.0. The highest BCUT2D eigenvalue weighted by Crippen LogP contribution is 2.31. The number of methoxy groups -OCH3 is 1. The summed E-state index contributed by atoms with van der Waals surface area (Å²) in [6.45, 7) is 0. The molecule has 0 amide bonds. The molecule has 1 unspecified atom stereocenters. The summed E-state index contributed by atoms with van der Waals surface area (Å²) in [4.78, 5) is 11.1. The van der Waals surface area contributed by atoms with Crippen molar-refractivity contribution in [2.45, 2.75) is 5.38 Å². The van der Waals surface area contributed by atoms with Gasteiger partial charge in [-0.2, -0.15) is 0 Å². The average molecular weight is 298 g/mol. The molecule has 0 aliphatic heterocycles. The molecule has 0 heterocycles. The minimum Gasteiger partial charge on any atom is -0.468 e. The Morgan fingerprint density at radius 2 is 2.21 bits per heavy atom. The minimum atomic E-state index is -0.870. The lowest BCUT2D eigenvalue weighted by Gasteiger charge is -2.09. The summed E-state index contributed by atoms with van der Waals surface area (Å²) in [5.41, 5.74) is 0.537. The van der Waals surface area contributed by atoms with Crippen LogP contribution in [0.2, 0.25) is 5.02 Å². The highest BCUT2D eigenvalue weighted by Gasteiger charge is 2.20. The molecule has 0 saturated carbocycles. The first-order valence-electron chi connectivity index (χ1n) is 3.73. The molecule has 1 aromatic rings. The summed E-state index contributed by atoms with van der Waals surface area (Å²) in [6.07, 6.45) is 0. The van der Waals surface area contributed by atoms with E-state index in [1.165, 1.54) is 7.11 Å². The first-order valence-corrected chi connectivity index (χ1v) is 5.34. The van der Waals surface area contributed by atoms with Crippen LogP contribution in [0.4, 0.5) is 0 Å². The number of ether oxygens (including phenoxy) is 1. The maximum absolute atomic E-state index is 11.1. The first-order chi connectivity index (χ1) is 6.56. The van der Waals surface area contributed by atoms with E-state index >= 15 is 0 Å². The van der Waals surface area contributed by atoms with E-state index in [4.69, 9.17) is 23.2 Å². The molecule has 1 atom stereocenters. The summed E-state index contributed by atoms with van der Waals surface area (Å²) in [7, 11) is 1.28. The van der Waals surface area contributed by atoms with E-state index in [0.717, 1.165) is 4.47 Å². The van der Waals surface area contributed by atoms with Crippen molar-refractivity contribution in [3.05, 3.63) is 33.3 Å². The van der Waals surface area contributed by atoms with Crippen LogP contribution >= 0.6 is 39.1 Å². The molecule has 0 aliphatic rings. The molecule has 0 aliphatic carbocycles. The largest absolute Gasteiger partial charge is 0.468 e. The second kappa shape index (κ2) is 5.01. The zero-order valence-electron chi connectivity index (χ0n) is 7.26. The van der Waals surface area contributed by atoms with E-state index in [-0.39, 0.29) is 0 Å². The third kappa shape index (κ3) is 2.62. The molecule has 0 saturated heterocycles. The number of alkyl halides is 1. The van der Waals surface area contributed by atoms with Crippen molar-refractivity contribution in [1.82, 2.24) is 0 Å². The van der Waals surface area contributed by atoms with Gasteiger partial charge in [0.1, 0.15) is 0 Å². The molecular weight excluding hydrogens is 291 g/mol. The van der Waals surface area contributed by atoms with Crippen molar-refractivity contribution in [2.75, 3.05) is 7.11 Å². The fourth-order valence-corrected chi connectivity index (χ4v) is 1.87. The maximum atomic E-state index is 11.1. The Balaban J connectivity index is 3.05. The number of benzene rings is 1. The molecule has 0 aromatic heterocycles. The molecule has 0 N–H and O–H groups in total. The molecule has 0 spiro atoms. The van der Waals surface area contributed by atoms with Gasteiger partial charge in [-0.15, -0.1) is 11.6 Å². The SMILES string of the molecule is COC(=O)C(Cl)c1cc(Br)ccc1Cl. The van der Waals surface area contributed by atoms with E-state index in [2.05, 4.69) is 20.7 Å².